The lowest BCUT2D eigenvalue weighted by atomic mass is 10.1. The van der Waals surface area contributed by atoms with E-state index < -0.39 is 6.10 Å². The van der Waals surface area contributed by atoms with Gasteiger partial charge in [0.1, 0.15) is 5.75 Å². The SMILES string of the molecule is C[C@H](Oc1ccc2ccccc2c1)C(=O)NCc1ccccn1. The molecule has 1 N–H and O–H groups in total. The number of pyridine rings is 1. The minimum Gasteiger partial charge on any atom is -0.481 e. The average molecular weight is 306 g/mol. The lowest BCUT2D eigenvalue weighted by Gasteiger charge is -2.15. The van der Waals surface area contributed by atoms with Gasteiger partial charge < -0.3 is 10.1 Å². The Bertz CT molecular complexity index is 803. The molecule has 0 aliphatic rings. The number of benzene rings is 2. The van der Waals surface area contributed by atoms with Gasteiger partial charge in [-0.25, -0.2) is 0 Å². The number of fused-ring (bicyclic) bond motifs is 1. The van der Waals surface area contributed by atoms with Crippen LogP contribution >= 0.6 is 0 Å². The normalized spacial score (nSPS) is 11.9. The molecule has 3 aromatic rings. The van der Waals surface area contributed by atoms with E-state index in [0.29, 0.717) is 12.3 Å². The molecule has 1 heterocycles. The molecular weight excluding hydrogens is 288 g/mol. The van der Waals surface area contributed by atoms with Crippen LogP contribution in [-0.2, 0) is 11.3 Å². The van der Waals surface area contributed by atoms with E-state index in [1.54, 1.807) is 13.1 Å². The third-order valence-corrected chi connectivity index (χ3v) is 3.57. The molecule has 0 radical (unpaired) electrons. The molecule has 3 rings (SSSR count). The largest absolute Gasteiger partial charge is 0.481 e. The van der Waals surface area contributed by atoms with E-state index in [1.165, 1.54) is 0 Å². The maximum atomic E-state index is 12.1. The van der Waals surface area contributed by atoms with Crippen molar-refractivity contribution in [2.75, 3.05) is 0 Å². The molecule has 1 atom stereocenters. The van der Waals surface area contributed by atoms with Crippen molar-refractivity contribution in [3.8, 4) is 5.75 Å². The maximum absolute atomic E-state index is 12.1. The molecule has 0 unspecified atom stereocenters. The molecule has 0 spiro atoms. The van der Waals surface area contributed by atoms with Crippen molar-refractivity contribution in [2.24, 2.45) is 0 Å². The highest BCUT2D eigenvalue weighted by atomic mass is 16.5. The summed E-state index contributed by atoms with van der Waals surface area (Å²) in [4.78, 5) is 16.3. The first-order valence-corrected chi connectivity index (χ1v) is 7.55. The Labute approximate surface area is 135 Å². The molecule has 0 aliphatic carbocycles. The molecule has 0 saturated heterocycles. The van der Waals surface area contributed by atoms with E-state index in [4.69, 9.17) is 4.74 Å². The molecule has 1 aromatic heterocycles. The number of amides is 1. The fourth-order valence-electron chi connectivity index (χ4n) is 2.32. The lowest BCUT2D eigenvalue weighted by molar-refractivity contribution is -0.127. The van der Waals surface area contributed by atoms with Gasteiger partial charge >= 0.3 is 0 Å². The van der Waals surface area contributed by atoms with Crippen LogP contribution in [0.1, 0.15) is 12.6 Å². The Hall–Kier alpha value is -2.88. The minimum atomic E-state index is -0.570. The molecule has 0 fully saturated rings. The van der Waals surface area contributed by atoms with E-state index >= 15 is 0 Å². The molecule has 23 heavy (non-hydrogen) atoms. The van der Waals surface area contributed by atoms with E-state index in [2.05, 4.69) is 10.3 Å². The first-order valence-electron chi connectivity index (χ1n) is 7.55. The smallest absolute Gasteiger partial charge is 0.261 e. The van der Waals surface area contributed by atoms with Gasteiger partial charge in [-0.15, -0.1) is 0 Å². The zero-order chi connectivity index (χ0) is 16.1. The maximum Gasteiger partial charge on any atom is 0.261 e. The van der Waals surface area contributed by atoms with Crippen LogP contribution in [0.5, 0.6) is 5.75 Å². The first kappa shape index (κ1) is 15.0. The van der Waals surface area contributed by atoms with Crippen LogP contribution in [0.25, 0.3) is 10.8 Å². The van der Waals surface area contributed by atoms with Crippen molar-refractivity contribution in [3.63, 3.8) is 0 Å². The molecule has 0 bridgehead atoms. The summed E-state index contributed by atoms with van der Waals surface area (Å²) < 4.78 is 5.74. The summed E-state index contributed by atoms with van der Waals surface area (Å²) in [6.45, 7) is 2.13. The summed E-state index contributed by atoms with van der Waals surface area (Å²) in [5.74, 6) is 0.521. The van der Waals surface area contributed by atoms with Gasteiger partial charge in [-0.1, -0.05) is 36.4 Å². The number of nitrogens with one attached hydrogen (secondary N) is 1. The number of rotatable bonds is 5. The van der Waals surface area contributed by atoms with E-state index in [1.807, 2.05) is 60.7 Å². The zero-order valence-corrected chi connectivity index (χ0v) is 12.9. The zero-order valence-electron chi connectivity index (χ0n) is 12.9. The number of aromatic nitrogens is 1. The van der Waals surface area contributed by atoms with Crippen molar-refractivity contribution in [3.05, 3.63) is 72.6 Å². The topological polar surface area (TPSA) is 51.2 Å². The van der Waals surface area contributed by atoms with Crippen molar-refractivity contribution < 1.29 is 9.53 Å². The van der Waals surface area contributed by atoms with Gasteiger partial charge in [0.05, 0.1) is 12.2 Å². The van der Waals surface area contributed by atoms with Gasteiger partial charge in [0.25, 0.3) is 5.91 Å². The summed E-state index contributed by atoms with van der Waals surface area (Å²) in [6, 6.07) is 19.5. The van der Waals surface area contributed by atoms with Crippen LogP contribution in [-0.4, -0.2) is 17.0 Å². The van der Waals surface area contributed by atoms with Crippen LogP contribution in [0, 0.1) is 0 Å². The van der Waals surface area contributed by atoms with Gasteiger partial charge in [-0.05, 0) is 42.0 Å². The minimum absolute atomic E-state index is 0.163. The molecule has 0 aliphatic heterocycles. The number of hydrogen-bond donors (Lipinski definition) is 1. The Balaban J connectivity index is 1.60. The Kier molecular flexibility index (Phi) is 4.52. The predicted molar refractivity (Wildman–Crippen MR) is 90.1 cm³/mol. The number of carbonyl (C=O) groups excluding carboxylic acids is 1. The number of nitrogens with zero attached hydrogens (tertiary/aromatic N) is 1. The van der Waals surface area contributed by atoms with E-state index in [9.17, 15) is 4.79 Å². The number of ether oxygens (including phenoxy) is 1. The van der Waals surface area contributed by atoms with Gasteiger partial charge in [-0.3, -0.25) is 9.78 Å². The Morgan fingerprint density at radius 1 is 1.09 bits per heavy atom. The quantitative estimate of drug-likeness (QED) is 0.786. The molecule has 0 saturated carbocycles. The second kappa shape index (κ2) is 6.92. The second-order valence-electron chi connectivity index (χ2n) is 5.31. The third kappa shape index (κ3) is 3.86. The molecule has 4 heteroatoms. The summed E-state index contributed by atoms with van der Waals surface area (Å²) in [7, 11) is 0. The van der Waals surface area contributed by atoms with Gasteiger partial charge in [0.2, 0.25) is 0 Å². The summed E-state index contributed by atoms with van der Waals surface area (Å²) in [6.07, 6.45) is 1.14. The molecule has 4 nitrogen and oxygen atoms in total. The average Bonchev–Trinajstić information content (AvgIpc) is 2.60. The standard InChI is InChI=1S/C19H18N2O2/c1-14(19(22)21-13-17-8-4-5-11-20-17)23-18-10-9-15-6-2-3-7-16(15)12-18/h2-12,14H,13H2,1H3,(H,21,22)/t14-/m0/s1. The molecule has 2 aromatic carbocycles. The summed E-state index contributed by atoms with van der Waals surface area (Å²) in [5, 5.41) is 5.06. The summed E-state index contributed by atoms with van der Waals surface area (Å²) >= 11 is 0. The number of carbonyl (C=O) groups is 1. The lowest BCUT2D eigenvalue weighted by Crippen LogP contribution is -2.36. The third-order valence-electron chi connectivity index (χ3n) is 3.57. The number of hydrogen-bond acceptors (Lipinski definition) is 3. The second-order valence-corrected chi connectivity index (χ2v) is 5.31. The van der Waals surface area contributed by atoms with E-state index in [-0.39, 0.29) is 5.91 Å². The molecule has 1 amide bonds. The van der Waals surface area contributed by atoms with Crippen molar-refractivity contribution in [1.29, 1.82) is 0 Å². The van der Waals surface area contributed by atoms with Crippen molar-refractivity contribution in [1.82, 2.24) is 10.3 Å². The summed E-state index contributed by atoms with van der Waals surface area (Å²) in [5.41, 5.74) is 0.818. The molecular formula is C19H18N2O2. The monoisotopic (exact) mass is 306 g/mol. The fraction of sp³-hybridized carbons (Fsp3) is 0.158. The van der Waals surface area contributed by atoms with E-state index in [0.717, 1.165) is 16.5 Å². The van der Waals surface area contributed by atoms with Crippen molar-refractivity contribution >= 4 is 16.7 Å². The van der Waals surface area contributed by atoms with Gasteiger partial charge in [0.15, 0.2) is 6.10 Å². The Morgan fingerprint density at radius 3 is 2.65 bits per heavy atom. The molecule has 116 valence electrons. The Morgan fingerprint density at radius 2 is 1.87 bits per heavy atom. The predicted octanol–water partition coefficient (Wildman–Crippen LogP) is 3.32. The fourth-order valence-corrected chi connectivity index (χ4v) is 2.32. The van der Waals surface area contributed by atoms with Gasteiger partial charge in [-0.2, -0.15) is 0 Å². The van der Waals surface area contributed by atoms with Crippen LogP contribution in [0.15, 0.2) is 66.9 Å². The van der Waals surface area contributed by atoms with Gasteiger partial charge in [0, 0.05) is 6.20 Å². The van der Waals surface area contributed by atoms with Crippen LogP contribution in [0.2, 0.25) is 0 Å². The first-order chi connectivity index (χ1) is 11.2. The highest BCUT2D eigenvalue weighted by Crippen LogP contribution is 2.21. The van der Waals surface area contributed by atoms with Crippen LogP contribution < -0.4 is 10.1 Å². The highest BCUT2D eigenvalue weighted by molar-refractivity contribution is 5.84. The highest BCUT2D eigenvalue weighted by Gasteiger charge is 2.14. The van der Waals surface area contributed by atoms with Crippen LogP contribution in [0.4, 0.5) is 0 Å². The van der Waals surface area contributed by atoms with Crippen LogP contribution in [0.3, 0.4) is 0 Å². The van der Waals surface area contributed by atoms with Crippen molar-refractivity contribution in [2.45, 2.75) is 19.6 Å².